The molecule has 0 saturated heterocycles. The van der Waals surface area contributed by atoms with Gasteiger partial charge >= 0.3 is 0 Å². The van der Waals surface area contributed by atoms with E-state index in [1.165, 1.54) is 6.42 Å². The Morgan fingerprint density at radius 2 is 1.76 bits per heavy atom. The average molecular weight is 294 g/mol. The molecule has 0 amide bonds. The van der Waals surface area contributed by atoms with Crippen LogP contribution in [0.3, 0.4) is 0 Å². The van der Waals surface area contributed by atoms with Crippen LogP contribution >= 0.6 is 15.9 Å². The summed E-state index contributed by atoms with van der Waals surface area (Å²) >= 11 is 3.37. The van der Waals surface area contributed by atoms with Crippen molar-refractivity contribution in [3.8, 4) is 6.07 Å². The molecule has 2 nitrogen and oxygen atoms in total. The largest absolute Gasteiger partial charge is 0.387 e. The van der Waals surface area contributed by atoms with Gasteiger partial charge in [-0.1, -0.05) is 47.3 Å². The second-order valence-electron chi connectivity index (χ2n) is 4.78. The molecule has 1 aromatic rings. The summed E-state index contributed by atoms with van der Waals surface area (Å²) in [5, 5.41) is 19.9. The first-order valence-electron chi connectivity index (χ1n) is 6.03. The number of aliphatic hydroxyl groups is 1. The molecule has 3 heteroatoms. The molecule has 1 aliphatic rings. The minimum atomic E-state index is -0.666. The summed E-state index contributed by atoms with van der Waals surface area (Å²) in [5.74, 6) is 0. The highest BCUT2D eigenvalue weighted by atomic mass is 79.9. The van der Waals surface area contributed by atoms with Crippen LogP contribution in [0.25, 0.3) is 0 Å². The molecule has 90 valence electrons. The second-order valence-corrected chi connectivity index (χ2v) is 5.70. The van der Waals surface area contributed by atoms with Crippen LogP contribution in [-0.2, 0) is 0 Å². The number of benzene rings is 1. The van der Waals surface area contributed by atoms with Crippen molar-refractivity contribution in [2.45, 2.75) is 38.2 Å². The zero-order valence-electron chi connectivity index (χ0n) is 9.69. The summed E-state index contributed by atoms with van der Waals surface area (Å²) in [5.41, 5.74) is 0.267. The third-order valence-corrected chi connectivity index (χ3v) is 4.21. The highest BCUT2D eigenvalue weighted by Crippen LogP contribution is 2.45. The molecule has 1 fully saturated rings. The zero-order valence-corrected chi connectivity index (χ0v) is 11.3. The molecule has 2 rings (SSSR count). The highest BCUT2D eigenvalue weighted by Gasteiger charge is 2.40. The Bertz CT molecular complexity index is 415. The normalized spacial score (nSPS) is 20.5. The van der Waals surface area contributed by atoms with Gasteiger partial charge in [-0.25, -0.2) is 0 Å². The number of rotatable bonds is 2. The zero-order chi connectivity index (χ0) is 12.3. The van der Waals surface area contributed by atoms with E-state index in [1.54, 1.807) is 0 Å². The summed E-state index contributed by atoms with van der Waals surface area (Å²) in [6.07, 6.45) is 4.21. The van der Waals surface area contributed by atoms with Gasteiger partial charge in [-0.15, -0.1) is 0 Å². The number of nitriles is 1. The fourth-order valence-corrected chi connectivity index (χ4v) is 2.86. The van der Waals surface area contributed by atoms with Gasteiger partial charge in [0.15, 0.2) is 0 Å². The van der Waals surface area contributed by atoms with Crippen molar-refractivity contribution >= 4 is 15.9 Å². The van der Waals surface area contributed by atoms with Crippen LogP contribution in [0, 0.1) is 16.7 Å². The van der Waals surface area contributed by atoms with Crippen molar-refractivity contribution in [1.82, 2.24) is 0 Å². The molecule has 17 heavy (non-hydrogen) atoms. The summed E-state index contributed by atoms with van der Waals surface area (Å²) in [4.78, 5) is 0. The van der Waals surface area contributed by atoms with E-state index in [-0.39, 0.29) is 0 Å². The van der Waals surface area contributed by atoms with Crippen LogP contribution in [0.4, 0.5) is 0 Å². The minimum absolute atomic E-state index is 0.577. The number of aliphatic hydroxyl groups excluding tert-OH is 1. The molecule has 1 saturated carbocycles. The molecule has 0 spiro atoms. The SMILES string of the molecule is N#CC1(C(O)c2ccc(Br)cc2)CCCCC1. The molecule has 0 aromatic heterocycles. The quantitative estimate of drug-likeness (QED) is 0.897. The van der Waals surface area contributed by atoms with Gasteiger partial charge in [-0.3, -0.25) is 0 Å². The van der Waals surface area contributed by atoms with Crippen molar-refractivity contribution in [2.24, 2.45) is 5.41 Å². The van der Waals surface area contributed by atoms with E-state index >= 15 is 0 Å². The average Bonchev–Trinajstić information content (AvgIpc) is 2.39. The molecular formula is C14H16BrNO. The van der Waals surface area contributed by atoms with Crippen LogP contribution in [-0.4, -0.2) is 5.11 Å². The lowest BCUT2D eigenvalue weighted by Crippen LogP contribution is -2.29. The van der Waals surface area contributed by atoms with E-state index in [1.807, 2.05) is 24.3 Å². The number of hydrogen-bond donors (Lipinski definition) is 1. The maximum absolute atomic E-state index is 10.4. The molecule has 1 aliphatic carbocycles. The van der Waals surface area contributed by atoms with Gasteiger partial charge < -0.3 is 5.11 Å². The van der Waals surface area contributed by atoms with Gasteiger partial charge in [-0.2, -0.15) is 5.26 Å². The van der Waals surface area contributed by atoms with Gasteiger partial charge in [0.1, 0.15) is 0 Å². The topological polar surface area (TPSA) is 44.0 Å². The first-order chi connectivity index (χ1) is 8.18. The predicted molar refractivity (Wildman–Crippen MR) is 70.2 cm³/mol. The first kappa shape index (κ1) is 12.6. The fourth-order valence-electron chi connectivity index (χ4n) is 2.59. The van der Waals surface area contributed by atoms with Gasteiger partial charge in [0.25, 0.3) is 0 Å². The molecule has 0 aliphatic heterocycles. The monoisotopic (exact) mass is 293 g/mol. The van der Waals surface area contributed by atoms with Gasteiger partial charge in [0, 0.05) is 4.47 Å². The Balaban J connectivity index is 2.25. The van der Waals surface area contributed by atoms with Crippen molar-refractivity contribution < 1.29 is 5.11 Å². The number of hydrogen-bond acceptors (Lipinski definition) is 2. The van der Waals surface area contributed by atoms with Crippen LogP contribution in [0.1, 0.15) is 43.8 Å². The number of nitrogens with zero attached hydrogens (tertiary/aromatic N) is 1. The van der Waals surface area contributed by atoms with Gasteiger partial charge in [0.2, 0.25) is 0 Å². The molecule has 0 radical (unpaired) electrons. The summed E-state index contributed by atoms with van der Waals surface area (Å²) in [6.45, 7) is 0. The highest BCUT2D eigenvalue weighted by molar-refractivity contribution is 9.10. The smallest absolute Gasteiger partial charge is 0.0976 e. The van der Waals surface area contributed by atoms with E-state index in [4.69, 9.17) is 0 Å². The fraction of sp³-hybridized carbons (Fsp3) is 0.500. The van der Waals surface area contributed by atoms with E-state index in [0.29, 0.717) is 0 Å². The van der Waals surface area contributed by atoms with Crippen molar-refractivity contribution in [3.05, 3.63) is 34.3 Å². The predicted octanol–water partition coefficient (Wildman–Crippen LogP) is 3.96. The van der Waals surface area contributed by atoms with Crippen LogP contribution < -0.4 is 0 Å². The lowest BCUT2D eigenvalue weighted by molar-refractivity contribution is 0.0360. The second kappa shape index (κ2) is 5.20. The Kier molecular flexibility index (Phi) is 3.86. The molecule has 1 N–H and O–H groups in total. The molecule has 1 atom stereocenters. The third-order valence-electron chi connectivity index (χ3n) is 3.68. The van der Waals surface area contributed by atoms with Crippen LogP contribution in [0.2, 0.25) is 0 Å². The van der Waals surface area contributed by atoms with Crippen LogP contribution in [0.15, 0.2) is 28.7 Å². The third kappa shape index (κ3) is 2.53. The van der Waals surface area contributed by atoms with Crippen molar-refractivity contribution in [3.63, 3.8) is 0 Å². The molecule has 1 aromatic carbocycles. The Morgan fingerprint density at radius 1 is 1.18 bits per heavy atom. The van der Waals surface area contributed by atoms with E-state index in [0.717, 1.165) is 35.7 Å². The maximum Gasteiger partial charge on any atom is 0.0976 e. The van der Waals surface area contributed by atoms with Crippen molar-refractivity contribution in [1.29, 1.82) is 5.26 Å². The lowest BCUT2D eigenvalue weighted by Gasteiger charge is -2.35. The Morgan fingerprint density at radius 3 is 2.29 bits per heavy atom. The molecular weight excluding hydrogens is 278 g/mol. The van der Waals surface area contributed by atoms with Gasteiger partial charge in [0.05, 0.1) is 17.6 Å². The first-order valence-corrected chi connectivity index (χ1v) is 6.82. The summed E-state index contributed by atoms with van der Waals surface area (Å²) in [7, 11) is 0. The lowest BCUT2D eigenvalue weighted by atomic mass is 9.69. The molecule has 0 heterocycles. The maximum atomic E-state index is 10.4. The standard InChI is InChI=1S/C14H16BrNO/c15-12-6-4-11(5-7-12)13(17)14(10-16)8-2-1-3-9-14/h4-7,13,17H,1-3,8-9H2. The van der Waals surface area contributed by atoms with Crippen LogP contribution in [0.5, 0.6) is 0 Å². The minimum Gasteiger partial charge on any atom is -0.387 e. The van der Waals surface area contributed by atoms with E-state index < -0.39 is 11.5 Å². The number of halogens is 1. The Labute approximate surface area is 110 Å². The molecule has 1 unspecified atom stereocenters. The van der Waals surface area contributed by atoms with Gasteiger partial charge in [-0.05, 0) is 30.5 Å². The Hall–Kier alpha value is -0.850. The van der Waals surface area contributed by atoms with E-state index in [9.17, 15) is 10.4 Å². The van der Waals surface area contributed by atoms with E-state index in [2.05, 4.69) is 22.0 Å². The summed E-state index contributed by atoms with van der Waals surface area (Å²) in [6, 6.07) is 9.97. The molecule has 0 bridgehead atoms. The summed E-state index contributed by atoms with van der Waals surface area (Å²) < 4.78 is 0.989. The van der Waals surface area contributed by atoms with Crippen molar-refractivity contribution in [2.75, 3.05) is 0 Å².